The highest BCUT2D eigenvalue weighted by atomic mass is 19.3. The number of hydrogen-bond donors (Lipinski definition) is 0. The predicted molar refractivity (Wildman–Crippen MR) is 98.7 cm³/mol. The number of benzene rings is 1. The number of carbonyl (C=O) groups excluding carboxylic acids is 1. The summed E-state index contributed by atoms with van der Waals surface area (Å²) in [7, 11) is 0. The molecule has 1 unspecified atom stereocenters. The highest BCUT2D eigenvalue weighted by Crippen LogP contribution is 2.36. The summed E-state index contributed by atoms with van der Waals surface area (Å²) < 4.78 is 35.7. The zero-order valence-corrected chi connectivity index (χ0v) is 15.6. The molecule has 1 aromatic carbocycles. The Morgan fingerprint density at radius 2 is 2.14 bits per heavy atom. The number of carbonyl (C=O) groups is 1. The summed E-state index contributed by atoms with van der Waals surface area (Å²) in [5, 5.41) is 3.61. The molecule has 0 N–H and O–H groups in total. The number of azide groups is 1. The van der Waals surface area contributed by atoms with Crippen molar-refractivity contribution in [3.63, 3.8) is 0 Å². The Hall–Kier alpha value is -2.74. The molecule has 0 spiro atoms. The lowest BCUT2D eigenvalue weighted by Crippen LogP contribution is -2.56. The van der Waals surface area contributed by atoms with E-state index in [1.54, 1.807) is 17.0 Å². The minimum Gasteiger partial charge on any atom is -0.489 e. The molecule has 1 saturated carbocycles. The Labute approximate surface area is 161 Å². The number of rotatable bonds is 8. The Morgan fingerprint density at radius 3 is 2.79 bits per heavy atom. The largest absolute Gasteiger partial charge is 0.489 e. The third-order valence-electron chi connectivity index (χ3n) is 4.92. The van der Waals surface area contributed by atoms with Crippen LogP contribution >= 0.6 is 0 Å². The average Bonchev–Trinajstić information content (AvgIpc) is 3.49. The van der Waals surface area contributed by atoms with Crippen molar-refractivity contribution in [2.24, 2.45) is 11.0 Å². The zero-order valence-electron chi connectivity index (χ0n) is 15.6. The fourth-order valence-corrected chi connectivity index (χ4v) is 3.28. The summed E-state index contributed by atoms with van der Waals surface area (Å²) in [6, 6.07) is 4.60. The summed E-state index contributed by atoms with van der Waals surface area (Å²) in [6.45, 7) is 0.721. The van der Waals surface area contributed by atoms with Crippen LogP contribution in [-0.2, 0) is 4.79 Å². The molecule has 152 valence electrons. The molecule has 1 atom stereocenters. The average molecular weight is 395 g/mol. The molecular weight excluding hydrogens is 372 g/mol. The quantitative estimate of drug-likeness (QED) is 0.383. The monoisotopic (exact) mass is 395 g/mol. The number of alkyl halides is 2. The van der Waals surface area contributed by atoms with Gasteiger partial charge in [-0.3, -0.25) is 4.79 Å². The van der Waals surface area contributed by atoms with Crippen LogP contribution in [0, 0.1) is 5.92 Å². The maximum Gasteiger partial charge on any atom is 0.387 e. The van der Waals surface area contributed by atoms with Crippen molar-refractivity contribution in [1.82, 2.24) is 4.90 Å². The van der Waals surface area contributed by atoms with Gasteiger partial charge in [-0.15, -0.1) is 0 Å². The maximum absolute atomic E-state index is 12.7. The van der Waals surface area contributed by atoms with Crippen molar-refractivity contribution in [1.29, 1.82) is 0 Å². The number of anilines is 1. The summed E-state index contributed by atoms with van der Waals surface area (Å²) in [5.74, 6) is 0.681. The van der Waals surface area contributed by atoms with Crippen LogP contribution in [-0.4, -0.2) is 56.2 Å². The van der Waals surface area contributed by atoms with E-state index in [1.807, 2.05) is 4.90 Å². The second kappa shape index (κ2) is 8.97. The Balaban J connectivity index is 1.77. The van der Waals surface area contributed by atoms with Gasteiger partial charge in [0.1, 0.15) is 0 Å². The number of nitrogens with zero attached hydrogens (tertiary/aromatic N) is 5. The Kier molecular flexibility index (Phi) is 6.41. The van der Waals surface area contributed by atoms with E-state index in [0.717, 1.165) is 18.5 Å². The van der Waals surface area contributed by atoms with Crippen LogP contribution in [0.3, 0.4) is 0 Å². The van der Waals surface area contributed by atoms with Crippen LogP contribution in [0.5, 0.6) is 11.5 Å². The van der Waals surface area contributed by atoms with Gasteiger partial charge in [0.05, 0.1) is 12.6 Å². The lowest BCUT2D eigenvalue weighted by atomic mass is 10.1. The van der Waals surface area contributed by atoms with Gasteiger partial charge in [0.15, 0.2) is 11.5 Å². The molecule has 1 amide bonds. The topological polar surface area (TPSA) is 90.8 Å². The second-order valence-electron chi connectivity index (χ2n) is 6.99. The molecule has 0 bridgehead atoms. The lowest BCUT2D eigenvalue weighted by Gasteiger charge is -2.41. The molecule has 0 radical (unpaired) electrons. The van der Waals surface area contributed by atoms with Gasteiger partial charge in [-0.1, -0.05) is 5.11 Å². The first-order valence-corrected chi connectivity index (χ1v) is 9.22. The minimum absolute atomic E-state index is 0.00685. The first-order chi connectivity index (χ1) is 13.5. The first-order valence-electron chi connectivity index (χ1n) is 9.22. The van der Waals surface area contributed by atoms with Crippen LogP contribution in [0.2, 0.25) is 0 Å². The Morgan fingerprint density at radius 1 is 1.36 bits per heavy atom. The van der Waals surface area contributed by atoms with Gasteiger partial charge in [-0.2, -0.15) is 8.78 Å². The van der Waals surface area contributed by atoms with Gasteiger partial charge >= 0.3 is 6.61 Å². The van der Waals surface area contributed by atoms with Crippen molar-refractivity contribution >= 4 is 11.6 Å². The van der Waals surface area contributed by atoms with Gasteiger partial charge < -0.3 is 19.3 Å². The van der Waals surface area contributed by atoms with E-state index in [4.69, 9.17) is 10.3 Å². The number of halogens is 2. The standard InChI is InChI=1S/C18H23F2N5O3/c1-12(26)25-7-6-24(10-15(25)9-22-23-21)14-4-5-16(28-18(19)20)17(8-14)27-11-13-2-3-13/h4-5,8,13,15,18H,2-3,6-7,9-11H2,1H3. The molecule has 3 rings (SSSR count). The van der Waals surface area contributed by atoms with Crippen molar-refractivity contribution in [3.8, 4) is 11.5 Å². The normalized spacial score (nSPS) is 19.4. The fraction of sp³-hybridized carbons (Fsp3) is 0.611. The van der Waals surface area contributed by atoms with Crippen molar-refractivity contribution in [2.75, 3.05) is 37.7 Å². The summed E-state index contributed by atoms with van der Waals surface area (Å²) >= 11 is 0. The molecule has 28 heavy (non-hydrogen) atoms. The van der Waals surface area contributed by atoms with Gasteiger partial charge in [0, 0.05) is 49.8 Å². The van der Waals surface area contributed by atoms with E-state index < -0.39 is 6.61 Å². The lowest BCUT2D eigenvalue weighted by molar-refractivity contribution is -0.131. The number of ether oxygens (including phenoxy) is 2. The third-order valence-corrected chi connectivity index (χ3v) is 4.92. The first kappa shape index (κ1) is 20.0. The van der Waals surface area contributed by atoms with Crippen LogP contribution in [0.15, 0.2) is 23.3 Å². The van der Waals surface area contributed by atoms with Crippen LogP contribution in [0.25, 0.3) is 10.4 Å². The van der Waals surface area contributed by atoms with Crippen molar-refractivity contribution in [3.05, 3.63) is 28.6 Å². The van der Waals surface area contributed by atoms with Gasteiger partial charge in [-0.25, -0.2) is 0 Å². The molecule has 2 aliphatic rings. The molecule has 1 aliphatic heterocycles. The van der Waals surface area contributed by atoms with E-state index in [1.165, 1.54) is 13.0 Å². The fourth-order valence-electron chi connectivity index (χ4n) is 3.28. The van der Waals surface area contributed by atoms with E-state index in [-0.39, 0.29) is 30.0 Å². The van der Waals surface area contributed by atoms with Gasteiger partial charge in [-0.05, 0) is 36.4 Å². The molecule has 2 fully saturated rings. The molecule has 10 heteroatoms. The van der Waals surface area contributed by atoms with E-state index in [2.05, 4.69) is 14.8 Å². The van der Waals surface area contributed by atoms with Crippen LogP contribution in [0.1, 0.15) is 19.8 Å². The number of piperazine rings is 1. The van der Waals surface area contributed by atoms with Gasteiger partial charge in [0.2, 0.25) is 5.91 Å². The van der Waals surface area contributed by atoms with E-state index >= 15 is 0 Å². The molecule has 1 heterocycles. The highest BCUT2D eigenvalue weighted by Gasteiger charge is 2.29. The summed E-state index contributed by atoms with van der Waals surface area (Å²) in [4.78, 5) is 18.3. The summed E-state index contributed by atoms with van der Waals surface area (Å²) in [6.07, 6.45) is 2.16. The predicted octanol–water partition coefficient (Wildman–Crippen LogP) is 3.42. The van der Waals surface area contributed by atoms with Crippen molar-refractivity contribution < 1.29 is 23.0 Å². The Bertz CT molecular complexity index is 753. The number of amides is 1. The van der Waals surface area contributed by atoms with Crippen LogP contribution < -0.4 is 14.4 Å². The van der Waals surface area contributed by atoms with Gasteiger partial charge in [0.25, 0.3) is 0 Å². The molecule has 1 aliphatic carbocycles. The molecule has 1 saturated heterocycles. The second-order valence-corrected chi connectivity index (χ2v) is 6.99. The van der Waals surface area contributed by atoms with Crippen molar-refractivity contribution in [2.45, 2.75) is 32.4 Å². The van der Waals surface area contributed by atoms with Crippen LogP contribution in [0.4, 0.5) is 14.5 Å². The number of hydrogen-bond acceptors (Lipinski definition) is 5. The summed E-state index contributed by atoms with van der Waals surface area (Å²) in [5.41, 5.74) is 9.38. The molecule has 8 nitrogen and oxygen atoms in total. The minimum atomic E-state index is -2.93. The zero-order chi connectivity index (χ0) is 20.1. The van der Waals surface area contributed by atoms with E-state index in [0.29, 0.717) is 32.2 Å². The van der Waals surface area contributed by atoms with E-state index in [9.17, 15) is 13.6 Å². The highest BCUT2D eigenvalue weighted by molar-refractivity contribution is 5.74. The molecular formula is C18H23F2N5O3. The smallest absolute Gasteiger partial charge is 0.387 e. The molecule has 0 aromatic heterocycles. The maximum atomic E-state index is 12.7. The third kappa shape index (κ3) is 5.16. The molecule has 1 aromatic rings. The SMILES string of the molecule is CC(=O)N1CCN(c2ccc(OC(F)F)c(OCC3CC3)c2)CC1CN=[N+]=[N-].